The Labute approximate surface area is 184 Å². The summed E-state index contributed by atoms with van der Waals surface area (Å²) in [7, 11) is 0.252. The summed E-state index contributed by atoms with van der Waals surface area (Å²) in [6, 6.07) is 14.4. The first-order chi connectivity index (χ1) is 14.2. The lowest BCUT2D eigenvalue weighted by Gasteiger charge is -2.25. The molecule has 0 fully saturated rings. The lowest BCUT2D eigenvalue weighted by Crippen LogP contribution is -2.41. The minimum absolute atomic E-state index is 0.0641. The first kappa shape index (κ1) is 24.3. The predicted molar refractivity (Wildman–Crippen MR) is 122 cm³/mol. The van der Waals surface area contributed by atoms with E-state index in [0.29, 0.717) is 19.6 Å². The largest absolute Gasteiger partial charge is 0.350 e. The van der Waals surface area contributed by atoms with Crippen LogP contribution in [0.3, 0.4) is 0 Å². The van der Waals surface area contributed by atoms with Crippen LogP contribution in [0.1, 0.15) is 29.8 Å². The number of hydrogen-bond acceptors (Lipinski definition) is 4. The predicted octanol–water partition coefficient (Wildman–Crippen LogP) is 3.27. The zero-order chi connectivity index (χ0) is 22.3. The SMILES string of the molecule is CCN(CC)S(=O)(=O)c1ccc(Cl)c(C(=O)NC[C@@H](Cc2ccccc2)N(C)C)c1. The Hall–Kier alpha value is -1.93. The van der Waals surface area contributed by atoms with Gasteiger partial charge in [0.2, 0.25) is 10.0 Å². The summed E-state index contributed by atoms with van der Waals surface area (Å²) in [5.41, 5.74) is 1.33. The van der Waals surface area contributed by atoms with Crippen molar-refractivity contribution < 1.29 is 13.2 Å². The highest BCUT2D eigenvalue weighted by molar-refractivity contribution is 7.89. The molecule has 0 aliphatic heterocycles. The van der Waals surface area contributed by atoms with Crippen LogP contribution in [0.5, 0.6) is 0 Å². The van der Waals surface area contributed by atoms with Crippen LogP contribution in [0, 0.1) is 0 Å². The summed E-state index contributed by atoms with van der Waals surface area (Å²) in [5, 5.41) is 3.12. The molecular formula is C22H30ClN3O3S. The van der Waals surface area contributed by atoms with E-state index in [2.05, 4.69) is 22.3 Å². The number of carbonyl (C=O) groups is 1. The minimum Gasteiger partial charge on any atom is -0.350 e. The Bertz CT molecular complexity index is 945. The number of carbonyl (C=O) groups excluding carboxylic acids is 1. The van der Waals surface area contributed by atoms with Gasteiger partial charge < -0.3 is 10.2 Å². The normalized spacial score (nSPS) is 12.9. The number of nitrogens with zero attached hydrogens (tertiary/aromatic N) is 2. The number of halogens is 1. The first-order valence-corrected chi connectivity index (χ1v) is 11.8. The molecule has 0 spiro atoms. The molecule has 1 atom stereocenters. The van der Waals surface area contributed by atoms with E-state index in [1.165, 1.54) is 28.1 Å². The van der Waals surface area contributed by atoms with Crippen molar-refractivity contribution in [2.24, 2.45) is 0 Å². The van der Waals surface area contributed by atoms with Crippen molar-refractivity contribution in [2.75, 3.05) is 33.7 Å². The number of benzene rings is 2. The maximum Gasteiger partial charge on any atom is 0.252 e. The highest BCUT2D eigenvalue weighted by atomic mass is 35.5. The number of nitrogens with one attached hydrogen (secondary N) is 1. The molecule has 0 aliphatic carbocycles. The van der Waals surface area contributed by atoms with Crippen molar-refractivity contribution in [1.82, 2.24) is 14.5 Å². The molecule has 1 amide bonds. The second kappa shape index (κ2) is 10.9. The Morgan fingerprint density at radius 2 is 1.70 bits per heavy atom. The average molecular weight is 452 g/mol. The third kappa shape index (κ3) is 6.04. The van der Waals surface area contributed by atoms with Crippen LogP contribution in [0.4, 0.5) is 0 Å². The van der Waals surface area contributed by atoms with E-state index >= 15 is 0 Å². The molecule has 0 unspecified atom stereocenters. The van der Waals surface area contributed by atoms with E-state index in [4.69, 9.17) is 11.6 Å². The molecule has 0 aromatic heterocycles. The fourth-order valence-electron chi connectivity index (χ4n) is 3.18. The number of amides is 1. The zero-order valence-electron chi connectivity index (χ0n) is 17.9. The number of likely N-dealkylation sites (N-methyl/N-ethyl adjacent to an activating group) is 1. The van der Waals surface area contributed by atoms with Crippen molar-refractivity contribution in [1.29, 1.82) is 0 Å². The van der Waals surface area contributed by atoms with Gasteiger partial charge >= 0.3 is 0 Å². The Kier molecular flexibility index (Phi) is 8.85. The van der Waals surface area contributed by atoms with Gasteiger partial charge in [0.1, 0.15) is 0 Å². The van der Waals surface area contributed by atoms with Crippen LogP contribution in [0.15, 0.2) is 53.4 Å². The van der Waals surface area contributed by atoms with E-state index in [1.807, 2.05) is 32.3 Å². The van der Waals surface area contributed by atoms with Crippen LogP contribution in [0.25, 0.3) is 0 Å². The van der Waals surface area contributed by atoms with Crippen molar-refractivity contribution in [2.45, 2.75) is 31.2 Å². The van der Waals surface area contributed by atoms with Gasteiger partial charge in [0.05, 0.1) is 15.5 Å². The molecule has 2 aromatic carbocycles. The van der Waals surface area contributed by atoms with Crippen LogP contribution in [0.2, 0.25) is 5.02 Å². The number of sulfonamides is 1. The first-order valence-electron chi connectivity index (χ1n) is 9.98. The number of hydrogen-bond donors (Lipinski definition) is 1. The Morgan fingerprint density at radius 3 is 2.27 bits per heavy atom. The summed E-state index contributed by atoms with van der Waals surface area (Å²) >= 11 is 6.22. The van der Waals surface area contributed by atoms with Crippen LogP contribution >= 0.6 is 11.6 Å². The third-order valence-electron chi connectivity index (χ3n) is 5.07. The topological polar surface area (TPSA) is 69.7 Å². The number of rotatable bonds is 10. The van der Waals surface area contributed by atoms with E-state index in [1.54, 1.807) is 13.8 Å². The molecular weight excluding hydrogens is 422 g/mol. The summed E-state index contributed by atoms with van der Waals surface area (Å²) in [5.74, 6) is -0.392. The Balaban J connectivity index is 2.18. The van der Waals surface area contributed by atoms with Gasteiger partial charge in [-0.25, -0.2) is 8.42 Å². The molecule has 0 saturated carbocycles. The van der Waals surface area contributed by atoms with Gasteiger partial charge in [-0.05, 0) is 44.3 Å². The van der Waals surface area contributed by atoms with Gasteiger partial charge in [0, 0.05) is 25.7 Å². The molecule has 2 rings (SSSR count). The fourth-order valence-corrected chi connectivity index (χ4v) is 4.87. The van der Waals surface area contributed by atoms with Crippen LogP contribution in [-0.4, -0.2) is 63.3 Å². The summed E-state index contributed by atoms with van der Waals surface area (Å²) in [6.07, 6.45) is 0.776. The van der Waals surface area contributed by atoms with Gasteiger partial charge in [-0.1, -0.05) is 55.8 Å². The van der Waals surface area contributed by atoms with Crippen molar-refractivity contribution in [3.05, 3.63) is 64.7 Å². The molecule has 0 heterocycles. The molecule has 6 nitrogen and oxygen atoms in total. The van der Waals surface area contributed by atoms with Gasteiger partial charge in [0.15, 0.2) is 0 Å². The van der Waals surface area contributed by atoms with E-state index in [0.717, 1.165) is 6.42 Å². The lowest BCUT2D eigenvalue weighted by atomic mass is 10.0. The zero-order valence-corrected chi connectivity index (χ0v) is 19.5. The Morgan fingerprint density at radius 1 is 1.07 bits per heavy atom. The molecule has 164 valence electrons. The molecule has 0 bridgehead atoms. The smallest absolute Gasteiger partial charge is 0.252 e. The van der Waals surface area contributed by atoms with E-state index < -0.39 is 15.9 Å². The maximum atomic E-state index is 12.8. The monoisotopic (exact) mass is 451 g/mol. The van der Waals surface area contributed by atoms with Gasteiger partial charge in [0.25, 0.3) is 5.91 Å². The fraction of sp³-hybridized carbons (Fsp3) is 0.409. The van der Waals surface area contributed by atoms with Crippen molar-refractivity contribution in [3.8, 4) is 0 Å². The molecule has 0 saturated heterocycles. The molecule has 0 aliphatic rings. The molecule has 1 N–H and O–H groups in total. The minimum atomic E-state index is -3.67. The van der Waals surface area contributed by atoms with Gasteiger partial charge in [-0.3, -0.25) is 4.79 Å². The van der Waals surface area contributed by atoms with E-state index in [9.17, 15) is 13.2 Å². The second-order valence-electron chi connectivity index (χ2n) is 7.25. The molecule has 2 aromatic rings. The highest BCUT2D eigenvalue weighted by Gasteiger charge is 2.24. The summed E-state index contributed by atoms with van der Waals surface area (Å²) in [4.78, 5) is 14.9. The quantitative estimate of drug-likeness (QED) is 0.601. The van der Waals surface area contributed by atoms with Crippen LogP contribution < -0.4 is 5.32 Å². The standard InChI is InChI=1S/C22H30ClN3O3S/c1-5-26(6-2)30(28,29)19-12-13-21(23)20(15-19)22(27)24-16-18(25(3)4)14-17-10-8-7-9-11-17/h7-13,15,18H,5-6,14,16H2,1-4H3,(H,24,27)/t18-/m1/s1. The van der Waals surface area contributed by atoms with Crippen LogP contribution in [-0.2, 0) is 16.4 Å². The van der Waals surface area contributed by atoms with Crippen molar-refractivity contribution >= 4 is 27.5 Å². The van der Waals surface area contributed by atoms with Crippen molar-refractivity contribution in [3.63, 3.8) is 0 Å². The third-order valence-corrected chi connectivity index (χ3v) is 7.44. The van der Waals surface area contributed by atoms with Gasteiger partial charge in [-0.15, -0.1) is 0 Å². The van der Waals surface area contributed by atoms with E-state index in [-0.39, 0.29) is 21.5 Å². The molecule has 30 heavy (non-hydrogen) atoms. The molecule has 8 heteroatoms. The average Bonchev–Trinajstić information content (AvgIpc) is 2.72. The maximum absolute atomic E-state index is 12.8. The summed E-state index contributed by atoms with van der Waals surface area (Å²) in [6.45, 7) is 4.67. The molecule has 0 radical (unpaired) electrons. The van der Waals surface area contributed by atoms with Gasteiger partial charge in [-0.2, -0.15) is 4.31 Å². The lowest BCUT2D eigenvalue weighted by molar-refractivity contribution is 0.0941. The highest BCUT2D eigenvalue weighted by Crippen LogP contribution is 2.23. The summed E-state index contributed by atoms with van der Waals surface area (Å²) < 4.78 is 26.9. The second-order valence-corrected chi connectivity index (χ2v) is 9.59.